The van der Waals surface area contributed by atoms with Crippen molar-refractivity contribution in [3.05, 3.63) is 12.2 Å². The summed E-state index contributed by atoms with van der Waals surface area (Å²) in [6.45, 7) is 9.52. The predicted octanol–water partition coefficient (Wildman–Crippen LogP) is -0.649. The summed E-state index contributed by atoms with van der Waals surface area (Å²) >= 11 is 0. The van der Waals surface area contributed by atoms with Gasteiger partial charge in [0, 0.05) is 39.8 Å². The highest BCUT2D eigenvalue weighted by molar-refractivity contribution is 5.92. The molecule has 1 fully saturated rings. The van der Waals surface area contributed by atoms with Crippen LogP contribution in [0.25, 0.3) is 0 Å². The number of amides is 2. The van der Waals surface area contributed by atoms with E-state index in [2.05, 4.69) is 17.2 Å². The molecule has 0 aromatic carbocycles. The Morgan fingerprint density at radius 2 is 1.50 bits per heavy atom. The molecule has 2 N–H and O–H groups in total. The summed E-state index contributed by atoms with van der Waals surface area (Å²) in [6.07, 6.45) is -4.65. The standard InChI is InChI=1S/C20H30N2O10/c1-10(2)19(27)21-7-8-28-20-16(22-11(3)23)18(31-14(6)26)17(30-13(5)25)15(32-20)9-29-12(4)24/h15-18,20H,1,7-9H2,2-6H3,(H,21,27)(H,22,23). The van der Waals surface area contributed by atoms with E-state index in [9.17, 15) is 24.0 Å². The lowest BCUT2D eigenvalue weighted by atomic mass is 9.96. The maximum atomic E-state index is 11.8. The topological polar surface area (TPSA) is 156 Å². The third-order valence-corrected chi connectivity index (χ3v) is 4.13. The lowest BCUT2D eigenvalue weighted by molar-refractivity contribution is -0.277. The summed E-state index contributed by atoms with van der Waals surface area (Å²) in [5.41, 5.74) is 0.315. The van der Waals surface area contributed by atoms with Crippen LogP contribution >= 0.6 is 0 Å². The first-order valence-electron chi connectivity index (χ1n) is 9.88. The molecule has 12 heteroatoms. The number of carbonyl (C=O) groups is 5. The Bertz CT molecular complexity index is 738. The molecule has 0 aliphatic carbocycles. The van der Waals surface area contributed by atoms with Gasteiger partial charge in [-0.2, -0.15) is 0 Å². The van der Waals surface area contributed by atoms with Crippen LogP contribution in [-0.2, 0) is 47.7 Å². The van der Waals surface area contributed by atoms with Crippen LogP contribution in [0.5, 0.6) is 0 Å². The largest absolute Gasteiger partial charge is 0.463 e. The molecule has 1 rings (SSSR count). The molecule has 1 saturated heterocycles. The van der Waals surface area contributed by atoms with Gasteiger partial charge in [0.05, 0.1) is 6.61 Å². The summed E-state index contributed by atoms with van der Waals surface area (Å²) in [6, 6.07) is -1.06. The average Bonchev–Trinajstić information content (AvgIpc) is 2.66. The molecule has 1 aliphatic heterocycles. The molecule has 0 bridgehead atoms. The first-order valence-corrected chi connectivity index (χ1v) is 9.88. The number of nitrogens with one attached hydrogen (secondary N) is 2. The number of rotatable bonds is 10. The van der Waals surface area contributed by atoms with Crippen LogP contribution in [0.2, 0.25) is 0 Å². The van der Waals surface area contributed by atoms with E-state index < -0.39 is 54.5 Å². The minimum atomic E-state index is -1.20. The highest BCUT2D eigenvalue weighted by Crippen LogP contribution is 2.27. The molecular formula is C20H30N2O10. The van der Waals surface area contributed by atoms with Crippen LogP contribution in [0.3, 0.4) is 0 Å². The van der Waals surface area contributed by atoms with Gasteiger partial charge in [-0.05, 0) is 6.92 Å². The van der Waals surface area contributed by atoms with Crippen LogP contribution in [0.15, 0.2) is 12.2 Å². The number of ether oxygens (including phenoxy) is 5. The van der Waals surface area contributed by atoms with Crippen LogP contribution in [-0.4, -0.2) is 80.1 Å². The first kappa shape index (κ1) is 27.0. The zero-order valence-corrected chi connectivity index (χ0v) is 18.8. The Hall–Kier alpha value is -2.99. The maximum Gasteiger partial charge on any atom is 0.303 e. The van der Waals surface area contributed by atoms with Crippen LogP contribution in [0.1, 0.15) is 34.6 Å². The van der Waals surface area contributed by atoms with E-state index in [0.29, 0.717) is 5.57 Å². The summed E-state index contributed by atoms with van der Waals surface area (Å²) in [4.78, 5) is 58.1. The first-order chi connectivity index (χ1) is 14.9. The third-order valence-electron chi connectivity index (χ3n) is 4.13. The Morgan fingerprint density at radius 1 is 0.906 bits per heavy atom. The fourth-order valence-corrected chi connectivity index (χ4v) is 2.92. The molecular weight excluding hydrogens is 428 g/mol. The number of carbonyl (C=O) groups excluding carboxylic acids is 5. The second kappa shape index (κ2) is 12.8. The highest BCUT2D eigenvalue weighted by Gasteiger charge is 2.51. The fraction of sp³-hybridized carbons (Fsp3) is 0.650. The van der Waals surface area contributed by atoms with Crippen molar-refractivity contribution in [1.29, 1.82) is 0 Å². The summed E-state index contributed by atoms with van der Waals surface area (Å²) < 4.78 is 27.1. The van der Waals surface area contributed by atoms with E-state index in [4.69, 9.17) is 23.7 Å². The van der Waals surface area contributed by atoms with Crippen LogP contribution in [0.4, 0.5) is 0 Å². The van der Waals surface area contributed by atoms with Gasteiger partial charge in [0.1, 0.15) is 18.8 Å². The molecule has 1 aliphatic rings. The molecule has 5 unspecified atom stereocenters. The zero-order valence-electron chi connectivity index (χ0n) is 18.8. The van der Waals surface area contributed by atoms with Gasteiger partial charge in [0.25, 0.3) is 0 Å². The van der Waals surface area contributed by atoms with E-state index in [1.165, 1.54) is 13.8 Å². The molecule has 5 atom stereocenters. The van der Waals surface area contributed by atoms with Crippen molar-refractivity contribution >= 4 is 29.7 Å². The molecule has 32 heavy (non-hydrogen) atoms. The van der Waals surface area contributed by atoms with Crippen LogP contribution < -0.4 is 10.6 Å². The molecule has 0 radical (unpaired) electrons. The lowest BCUT2D eigenvalue weighted by Gasteiger charge is -2.44. The number of hydrogen-bond acceptors (Lipinski definition) is 10. The zero-order chi connectivity index (χ0) is 24.4. The molecule has 12 nitrogen and oxygen atoms in total. The second-order valence-electron chi connectivity index (χ2n) is 7.13. The van der Waals surface area contributed by atoms with Gasteiger partial charge in [-0.15, -0.1) is 0 Å². The SMILES string of the molecule is C=C(C)C(=O)NCCOC1OC(COC(C)=O)C(OC(C)=O)C(OC(C)=O)C1NC(C)=O. The van der Waals surface area contributed by atoms with Gasteiger partial charge in [-0.3, -0.25) is 24.0 Å². The molecule has 180 valence electrons. The molecule has 0 saturated carbocycles. The summed E-state index contributed by atoms with van der Waals surface area (Å²) in [5, 5.41) is 5.15. The van der Waals surface area contributed by atoms with E-state index >= 15 is 0 Å². The van der Waals surface area contributed by atoms with Gasteiger partial charge in [-0.1, -0.05) is 6.58 Å². The van der Waals surface area contributed by atoms with Crippen molar-refractivity contribution in [2.24, 2.45) is 0 Å². The third kappa shape index (κ3) is 9.02. The van der Waals surface area contributed by atoms with Gasteiger partial charge in [0.15, 0.2) is 18.5 Å². The van der Waals surface area contributed by atoms with Gasteiger partial charge in [0.2, 0.25) is 11.8 Å². The molecule has 0 aromatic rings. The van der Waals surface area contributed by atoms with Crippen molar-refractivity contribution in [1.82, 2.24) is 10.6 Å². The summed E-state index contributed by atoms with van der Waals surface area (Å²) in [5.74, 6) is -2.87. The minimum absolute atomic E-state index is 0.0366. The van der Waals surface area contributed by atoms with E-state index in [0.717, 1.165) is 13.8 Å². The van der Waals surface area contributed by atoms with Crippen molar-refractivity contribution in [3.8, 4) is 0 Å². The van der Waals surface area contributed by atoms with Crippen molar-refractivity contribution in [3.63, 3.8) is 0 Å². The lowest BCUT2D eigenvalue weighted by Crippen LogP contribution is -2.66. The number of esters is 3. The minimum Gasteiger partial charge on any atom is -0.463 e. The molecule has 0 aromatic heterocycles. The highest BCUT2D eigenvalue weighted by atomic mass is 16.7. The molecule has 0 spiro atoms. The quantitative estimate of drug-likeness (QED) is 0.187. The fourth-order valence-electron chi connectivity index (χ4n) is 2.92. The van der Waals surface area contributed by atoms with Crippen molar-refractivity contribution in [2.75, 3.05) is 19.8 Å². The van der Waals surface area contributed by atoms with E-state index in [1.807, 2.05) is 0 Å². The Morgan fingerprint density at radius 3 is 2.00 bits per heavy atom. The normalized spacial score (nSPS) is 24.6. The Kier molecular flexibility index (Phi) is 10.8. The monoisotopic (exact) mass is 458 g/mol. The van der Waals surface area contributed by atoms with E-state index in [-0.39, 0.29) is 25.7 Å². The predicted molar refractivity (Wildman–Crippen MR) is 108 cm³/mol. The average molecular weight is 458 g/mol. The van der Waals surface area contributed by atoms with Gasteiger partial charge in [-0.25, -0.2) is 0 Å². The van der Waals surface area contributed by atoms with E-state index in [1.54, 1.807) is 6.92 Å². The second-order valence-corrected chi connectivity index (χ2v) is 7.13. The van der Waals surface area contributed by atoms with Crippen LogP contribution in [0, 0.1) is 0 Å². The van der Waals surface area contributed by atoms with Crippen molar-refractivity contribution in [2.45, 2.75) is 65.3 Å². The Balaban J connectivity index is 3.13. The van der Waals surface area contributed by atoms with Crippen molar-refractivity contribution < 1.29 is 47.7 Å². The van der Waals surface area contributed by atoms with Gasteiger partial charge < -0.3 is 34.3 Å². The van der Waals surface area contributed by atoms with Gasteiger partial charge >= 0.3 is 17.9 Å². The smallest absolute Gasteiger partial charge is 0.303 e. The molecule has 1 heterocycles. The summed E-state index contributed by atoms with van der Waals surface area (Å²) in [7, 11) is 0. The maximum absolute atomic E-state index is 11.8. The molecule has 2 amide bonds. The number of hydrogen-bond donors (Lipinski definition) is 2. The Labute approximate surface area is 185 Å².